The van der Waals surface area contributed by atoms with Gasteiger partial charge in [0.05, 0.1) is 22.1 Å². The number of benzene rings is 1. The molecule has 0 saturated heterocycles. The average Bonchev–Trinajstić information content (AvgIpc) is 2.69. The second-order valence-electron chi connectivity index (χ2n) is 6.78. The van der Waals surface area contributed by atoms with Gasteiger partial charge in [-0.3, -0.25) is 4.98 Å². The van der Waals surface area contributed by atoms with Gasteiger partial charge in [-0.1, -0.05) is 25.5 Å². The Morgan fingerprint density at radius 1 is 1.15 bits per heavy atom. The number of hydrogen-bond donors (Lipinski definition) is 1. The van der Waals surface area contributed by atoms with Crippen LogP contribution in [0.4, 0.5) is 5.82 Å². The molecular weight excluding hydrogens is 360 g/mol. The molecule has 0 unspecified atom stereocenters. The van der Waals surface area contributed by atoms with Crippen LogP contribution in [0.5, 0.6) is 0 Å². The molecule has 0 aliphatic heterocycles. The third-order valence-electron chi connectivity index (χ3n) is 4.99. The zero-order chi connectivity index (χ0) is 19.3. The van der Waals surface area contributed by atoms with E-state index in [-0.39, 0.29) is 4.90 Å². The fourth-order valence-corrected chi connectivity index (χ4v) is 4.91. The van der Waals surface area contributed by atoms with Gasteiger partial charge in [0.15, 0.2) is 0 Å². The largest absolute Gasteiger partial charge is 0.368 e. The minimum absolute atomic E-state index is 0.262. The van der Waals surface area contributed by atoms with E-state index in [2.05, 4.69) is 21.4 Å². The summed E-state index contributed by atoms with van der Waals surface area (Å²) in [6.45, 7) is 5.40. The number of nitrogens with one attached hydrogen (secondary N) is 1. The topological polar surface area (TPSA) is 75.2 Å². The van der Waals surface area contributed by atoms with Crippen LogP contribution in [0.15, 0.2) is 40.9 Å². The van der Waals surface area contributed by atoms with Gasteiger partial charge < -0.3 is 5.32 Å². The molecular formula is C20H28N4O2S. The molecule has 0 amide bonds. The van der Waals surface area contributed by atoms with Crippen molar-refractivity contribution in [2.45, 2.75) is 50.8 Å². The van der Waals surface area contributed by atoms with Crippen molar-refractivity contribution in [2.75, 3.05) is 25.0 Å². The van der Waals surface area contributed by atoms with Crippen LogP contribution in [0.25, 0.3) is 11.0 Å². The second-order valence-corrected chi connectivity index (χ2v) is 8.72. The minimum atomic E-state index is -3.49. The number of nitrogens with zero attached hydrogens (tertiary/aromatic N) is 3. The van der Waals surface area contributed by atoms with Crippen LogP contribution < -0.4 is 5.32 Å². The van der Waals surface area contributed by atoms with E-state index in [9.17, 15) is 8.42 Å². The molecule has 146 valence electrons. The number of sulfonamides is 1. The number of anilines is 1. The van der Waals surface area contributed by atoms with Crippen molar-refractivity contribution in [3.8, 4) is 0 Å². The predicted molar refractivity (Wildman–Crippen MR) is 109 cm³/mol. The molecule has 3 rings (SSSR count). The summed E-state index contributed by atoms with van der Waals surface area (Å²) in [5, 5.41) is 3.32. The molecule has 1 aromatic heterocycles. The molecule has 0 saturated carbocycles. The van der Waals surface area contributed by atoms with Gasteiger partial charge in [-0.25, -0.2) is 13.4 Å². The quantitative estimate of drug-likeness (QED) is 0.693. The molecule has 1 heterocycles. The molecule has 1 aliphatic rings. The third kappa shape index (κ3) is 4.65. The van der Waals surface area contributed by atoms with Gasteiger partial charge in [0.1, 0.15) is 5.82 Å². The van der Waals surface area contributed by atoms with Crippen molar-refractivity contribution < 1.29 is 8.42 Å². The molecule has 2 aromatic rings. The standard InChI is InChI=1S/C20H28N4O2S/c1-3-24(4-2)27(25,26)17-10-11-18-19(14-17)22-15-20(23-18)21-13-12-16-8-6-5-7-9-16/h8,10-11,14-15H,3-7,9,12-13H2,1-2H3,(H,21,23). The van der Waals surface area contributed by atoms with E-state index in [0.717, 1.165) is 18.8 Å². The highest BCUT2D eigenvalue weighted by Crippen LogP contribution is 2.22. The van der Waals surface area contributed by atoms with E-state index in [1.54, 1.807) is 24.4 Å². The van der Waals surface area contributed by atoms with Crippen LogP contribution in [0.2, 0.25) is 0 Å². The maximum Gasteiger partial charge on any atom is 0.243 e. The lowest BCUT2D eigenvalue weighted by Gasteiger charge is -2.18. The van der Waals surface area contributed by atoms with Crippen molar-refractivity contribution in [3.05, 3.63) is 36.0 Å². The van der Waals surface area contributed by atoms with Gasteiger partial charge >= 0.3 is 0 Å². The molecule has 0 spiro atoms. The van der Waals surface area contributed by atoms with Crippen LogP contribution in [-0.4, -0.2) is 42.3 Å². The molecule has 1 aliphatic carbocycles. The fourth-order valence-electron chi connectivity index (χ4n) is 3.43. The maximum atomic E-state index is 12.7. The minimum Gasteiger partial charge on any atom is -0.368 e. The molecule has 1 aromatic carbocycles. The summed E-state index contributed by atoms with van der Waals surface area (Å²) in [6.07, 6.45) is 10.1. The van der Waals surface area contributed by atoms with Gasteiger partial charge in [0.25, 0.3) is 0 Å². The highest BCUT2D eigenvalue weighted by Gasteiger charge is 2.22. The monoisotopic (exact) mass is 388 g/mol. The van der Waals surface area contributed by atoms with Gasteiger partial charge in [0.2, 0.25) is 10.0 Å². The Kier molecular flexibility index (Phi) is 6.44. The average molecular weight is 389 g/mol. The Morgan fingerprint density at radius 2 is 1.96 bits per heavy atom. The lowest BCUT2D eigenvalue weighted by Crippen LogP contribution is -2.30. The predicted octanol–water partition coefficient (Wildman–Crippen LogP) is 3.96. The van der Waals surface area contributed by atoms with E-state index >= 15 is 0 Å². The highest BCUT2D eigenvalue weighted by atomic mass is 32.2. The van der Waals surface area contributed by atoms with E-state index in [1.807, 2.05) is 13.8 Å². The number of fused-ring (bicyclic) bond motifs is 1. The van der Waals surface area contributed by atoms with E-state index in [1.165, 1.54) is 35.6 Å². The van der Waals surface area contributed by atoms with E-state index in [0.29, 0.717) is 24.1 Å². The van der Waals surface area contributed by atoms with Crippen molar-refractivity contribution in [3.63, 3.8) is 0 Å². The van der Waals surface area contributed by atoms with Crippen molar-refractivity contribution in [1.82, 2.24) is 14.3 Å². The number of rotatable bonds is 8. The van der Waals surface area contributed by atoms with Crippen LogP contribution >= 0.6 is 0 Å². The summed E-state index contributed by atoms with van der Waals surface area (Å²) in [5.41, 5.74) is 2.80. The van der Waals surface area contributed by atoms with Crippen molar-refractivity contribution in [2.24, 2.45) is 0 Å². The Hall–Kier alpha value is -1.99. The fraction of sp³-hybridized carbons (Fsp3) is 0.500. The van der Waals surface area contributed by atoms with Gasteiger partial charge in [-0.2, -0.15) is 4.31 Å². The zero-order valence-corrected chi connectivity index (χ0v) is 16.9. The first kappa shape index (κ1) is 19.8. The second kappa shape index (κ2) is 8.80. The molecule has 0 fully saturated rings. The number of allylic oxidation sites excluding steroid dienone is 1. The van der Waals surface area contributed by atoms with Crippen molar-refractivity contribution in [1.29, 1.82) is 0 Å². The first-order valence-electron chi connectivity index (χ1n) is 9.73. The number of aromatic nitrogens is 2. The van der Waals surface area contributed by atoms with Crippen LogP contribution in [0.3, 0.4) is 0 Å². The lowest BCUT2D eigenvalue weighted by molar-refractivity contribution is 0.445. The summed E-state index contributed by atoms with van der Waals surface area (Å²) in [4.78, 5) is 9.24. The Labute approximate surface area is 161 Å². The molecule has 0 atom stereocenters. The number of hydrogen-bond acceptors (Lipinski definition) is 5. The molecule has 27 heavy (non-hydrogen) atoms. The maximum absolute atomic E-state index is 12.7. The SMILES string of the molecule is CCN(CC)S(=O)(=O)c1ccc2nc(NCCC3=CCCCC3)cnc2c1. The normalized spacial score (nSPS) is 15.1. The van der Waals surface area contributed by atoms with Gasteiger partial charge in [0, 0.05) is 19.6 Å². The summed E-state index contributed by atoms with van der Waals surface area (Å²) in [6, 6.07) is 4.95. The van der Waals surface area contributed by atoms with Crippen LogP contribution in [0.1, 0.15) is 46.0 Å². The van der Waals surface area contributed by atoms with Gasteiger partial charge in [-0.15, -0.1) is 0 Å². The summed E-state index contributed by atoms with van der Waals surface area (Å²) >= 11 is 0. The van der Waals surface area contributed by atoms with E-state index < -0.39 is 10.0 Å². The Balaban J connectivity index is 1.72. The summed E-state index contributed by atoms with van der Waals surface area (Å²) in [5.74, 6) is 0.721. The smallest absolute Gasteiger partial charge is 0.243 e. The Bertz CT molecular complexity index is 921. The Morgan fingerprint density at radius 3 is 2.67 bits per heavy atom. The summed E-state index contributed by atoms with van der Waals surface area (Å²) < 4.78 is 26.8. The van der Waals surface area contributed by atoms with Crippen LogP contribution in [0, 0.1) is 0 Å². The third-order valence-corrected chi connectivity index (χ3v) is 7.04. The summed E-state index contributed by atoms with van der Waals surface area (Å²) in [7, 11) is -3.49. The molecule has 1 N–H and O–H groups in total. The van der Waals surface area contributed by atoms with E-state index in [4.69, 9.17) is 0 Å². The molecule has 0 bridgehead atoms. The van der Waals surface area contributed by atoms with Crippen LogP contribution in [-0.2, 0) is 10.0 Å². The van der Waals surface area contributed by atoms with Crippen molar-refractivity contribution >= 4 is 26.9 Å². The molecule has 6 nitrogen and oxygen atoms in total. The molecule has 7 heteroatoms. The first-order valence-corrected chi connectivity index (χ1v) is 11.2. The first-order chi connectivity index (χ1) is 13.0. The molecule has 0 radical (unpaired) electrons. The highest BCUT2D eigenvalue weighted by molar-refractivity contribution is 7.89. The lowest BCUT2D eigenvalue weighted by atomic mass is 9.97. The van der Waals surface area contributed by atoms with Gasteiger partial charge in [-0.05, 0) is 50.3 Å². The zero-order valence-electron chi connectivity index (χ0n) is 16.1.